The Morgan fingerprint density at radius 1 is 1.00 bits per heavy atom. The number of fused-ring (bicyclic) bond motifs is 1. The van der Waals surface area contributed by atoms with Gasteiger partial charge in [0.1, 0.15) is 0 Å². The highest BCUT2D eigenvalue weighted by Crippen LogP contribution is 2.34. The van der Waals surface area contributed by atoms with E-state index in [2.05, 4.69) is 26.3 Å². The molecule has 1 aromatic heterocycles. The van der Waals surface area contributed by atoms with Gasteiger partial charge in [-0.25, -0.2) is 9.97 Å². The fraction of sp³-hybridized carbons (Fsp3) is 0.227. The molecular formula is C22H19F3N5-. The minimum Gasteiger partial charge on any atom is -0.672 e. The van der Waals surface area contributed by atoms with Gasteiger partial charge in [0.25, 0.3) is 0 Å². The lowest BCUT2D eigenvalue weighted by Crippen LogP contribution is -2.11. The van der Waals surface area contributed by atoms with Crippen LogP contribution in [0.5, 0.6) is 0 Å². The summed E-state index contributed by atoms with van der Waals surface area (Å²) in [4.78, 5) is 13.2. The van der Waals surface area contributed by atoms with E-state index in [0.29, 0.717) is 29.4 Å². The molecule has 2 heterocycles. The molecule has 4 rings (SSSR count). The summed E-state index contributed by atoms with van der Waals surface area (Å²) in [6, 6.07) is 14.4. The highest BCUT2D eigenvalue weighted by atomic mass is 19.4. The van der Waals surface area contributed by atoms with E-state index in [0.717, 1.165) is 24.2 Å². The summed E-state index contributed by atoms with van der Waals surface area (Å²) in [5.41, 5.74) is 10.6. The fourth-order valence-corrected chi connectivity index (χ4v) is 3.38. The minimum absolute atomic E-state index is 0.0481. The molecule has 0 saturated carbocycles. The van der Waals surface area contributed by atoms with E-state index in [4.69, 9.17) is 5.73 Å². The predicted molar refractivity (Wildman–Crippen MR) is 111 cm³/mol. The molecule has 0 saturated heterocycles. The maximum absolute atomic E-state index is 12.8. The van der Waals surface area contributed by atoms with Crippen LogP contribution in [0.4, 0.5) is 24.8 Å². The molecule has 0 spiro atoms. The lowest BCUT2D eigenvalue weighted by molar-refractivity contribution is -0.137. The van der Waals surface area contributed by atoms with E-state index in [-0.39, 0.29) is 12.5 Å². The Morgan fingerprint density at radius 2 is 1.77 bits per heavy atom. The summed E-state index contributed by atoms with van der Waals surface area (Å²) in [6.07, 6.45) is -1.66. The van der Waals surface area contributed by atoms with Crippen LogP contribution in [0.1, 0.15) is 29.2 Å². The van der Waals surface area contributed by atoms with Crippen LogP contribution in [-0.2, 0) is 12.7 Å². The number of hydrogen-bond donors (Lipinski definition) is 1. The van der Waals surface area contributed by atoms with Gasteiger partial charge in [-0.2, -0.15) is 13.2 Å². The van der Waals surface area contributed by atoms with Crippen LogP contribution in [0, 0.1) is 0 Å². The van der Waals surface area contributed by atoms with Crippen molar-refractivity contribution >= 4 is 17.9 Å². The van der Waals surface area contributed by atoms with Crippen molar-refractivity contribution < 1.29 is 13.2 Å². The van der Waals surface area contributed by atoms with E-state index < -0.39 is 11.7 Å². The summed E-state index contributed by atoms with van der Waals surface area (Å²) in [5.74, 6) is 0.570. The number of rotatable bonds is 6. The van der Waals surface area contributed by atoms with Gasteiger partial charge in [-0.15, -0.1) is 6.54 Å². The first-order chi connectivity index (χ1) is 14.4. The number of anilines is 1. The summed E-state index contributed by atoms with van der Waals surface area (Å²) >= 11 is 0. The summed E-state index contributed by atoms with van der Waals surface area (Å²) < 4.78 is 38.4. The van der Waals surface area contributed by atoms with Crippen LogP contribution in [0.3, 0.4) is 0 Å². The smallest absolute Gasteiger partial charge is 0.416 e. The van der Waals surface area contributed by atoms with Gasteiger partial charge in [-0.05, 0) is 36.2 Å². The molecule has 30 heavy (non-hydrogen) atoms. The third kappa shape index (κ3) is 4.33. The third-order valence-electron chi connectivity index (χ3n) is 4.94. The summed E-state index contributed by atoms with van der Waals surface area (Å²) in [6.45, 7) is 0.548. The van der Waals surface area contributed by atoms with Crippen LogP contribution in [-0.4, -0.2) is 22.7 Å². The zero-order chi connectivity index (χ0) is 21.1. The first-order valence-electron chi connectivity index (χ1n) is 9.51. The largest absolute Gasteiger partial charge is 0.672 e. The molecule has 0 amide bonds. The number of halogens is 3. The molecule has 2 N–H and O–H groups in total. The molecule has 1 unspecified atom stereocenters. The van der Waals surface area contributed by atoms with Gasteiger partial charge in [-0.1, -0.05) is 30.3 Å². The molecule has 0 aliphatic carbocycles. The van der Waals surface area contributed by atoms with Crippen molar-refractivity contribution in [1.82, 2.24) is 9.97 Å². The standard InChI is InChI=1S/C22H19F3N5/c23-22(24,25)16-7-5-14(6-8-16)20-11-17(12-26)29-21(30-20)27-10-9-15-13-28-19-4-2-1-3-18(15)19/h1-8,11,13,15,26H,9-10,12H2,(H,27,29,30)/q-1. The third-order valence-corrected chi connectivity index (χ3v) is 4.94. The van der Waals surface area contributed by atoms with Gasteiger partial charge in [0.2, 0.25) is 5.95 Å². The topological polar surface area (TPSA) is 74.0 Å². The number of aromatic nitrogens is 2. The highest BCUT2D eigenvalue weighted by Gasteiger charge is 2.30. The van der Waals surface area contributed by atoms with Crippen molar-refractivity contribution in [3.05, 3.63) is 77.2 Å². The SMILES string of the molecule is [NH-]Cc1cc(-c2ccc(C(F)(F)F)cc2)nc(NCCC2C=Nc3ccccc32)n1. The van der Waals surface area contributed by atoms with Crippen LogP contribution < -0.4 is 5.32 Å². The average Bonchev–Trinajstić information content (AvgIpc) is 3.16. The normalized spacial score (nSPS) is 15.3. The monoisotopic (exact) mass is 410 g/mol. The number of hydrogen-bond acceptors (Lipinski definition) is 4. The first-order valence-corrected chi connectivity index (χ1v) is 9.51. The van der Waals surface area contributed by atoms with E-state index in [1.54, 1.807) is 6.07 Å². The molecule has 1 aliphatic heterocycles. The number of benzene rings is 2. The van der Waals surface area contributed by atoms with Crippen molar-refractivity contribution in [2.45, 2.75) is 25.1 Å². The molecule has 2 aromatic carbocycles. The second kappa shape index (κ2) is 8.23. The van der Waals surface area contributed by atoms with Crippen molar-refractivity contribution in [1.29, 1.82) is 0 Å². The lowest BCUT2D eigenvalue weighted by atomic mass is 9.98. The van der Waals surface area contributed by atoms with Gasteiger partial charge >= 0.3 is 6.18 Å². The molecule has 1 aliphatic rings. The molecule has 154 valence electrons. The molecule has 0 fully saturated rings. The van der Waals surface area contributed by atoms with Crippen molar-refractivity contribution in [2.24, 2.45) is 4.99 Å². The second-order valence-electron chi connectivity index (χ2n) is 6.98. The van der Waals surface area contributed by atoms with Gasteiger partial charge in [0.15, 0.2) is 0 Å². The Hall–Kier alpha value is -3.26. The average molecular weight is 410 g/mol. The van der Waals surface area contributed by atoms with E-state index in [1.165, 1.54) is 17.7 Å². The van der Waals surface area contributed by atoms with Crippen LogP contribution >= 0.6 is 0 Å². The number of nitrogens with zero attached hydrogens (tertiary/aromatic N) is 3. The van der Waals surface area contributed by atoms with E-state index >= 15 is 0 Å². The Labute approximate surface area is 171 Å². The fourth-order valence-electron chi connectivity index (χ4n) is 3.38. The van der Waals surface area contributed by atoms with Gasteiger partial charge in [-0.3, -0.25) is 4.99 Å². The Bertz CT molecular complexity index is 1060. The highest BCUT2D eigenvalue weighted by molar-refractivity contribution is 5.80. The van der Waals surface area contributed by atoms with Crippen molar-refractivity contribution in [3.63, 3.8) is 0 Å². The Balaban J connectivity index is 1.47. The van der Waals surface area contributed by atoms with Gasteiger partial charge in [0.05, 0.1) is 16.9 Å². The van der Waals surface area contributed by atoms with E-state index in [9.17, 15) is 13.2 Å². The van der Waals surface area contributed by atoms with Crippen LogP contribution in [0.25, 0.3) is 17.0 Å². The summed E-state index contributed by atoms with van der Waals surface area (Å²) in [5, 5.41) is 3.18. The van der Waals surface area contributed by atoms with Crippen LogP contribution in [0.2, 0.25) is 0 Å². The number of aliphatic imine (C=N–C) groups is 1. The quantitative estimate of drug-likeness (QED) is 0.540. The van der Waals surface area contributed by atoms with Crippen molar-refractivity contribution in [3.8, 4) is 11.3 Å². The maximum atomic E-state index is 12.8. The first kappa shape index (κ1) is 20.0. The number of alkyl halides is 3. The maximum Gasteiger partial charge on any atom is 0.416 e. The molecule has 1 atom stereocenters. The molecule has 8 heteroatoms. The molecule has 0 bridgehead atoms. The molecular weight excluding hydrogens is 391 g/mol. The Morgan fingerprint density at radius 3 is 2.50 bits per heavy atom. The van der Waals surface area contributed by atoms with E-state index in [1.807, 2.05) is 24.4 Å². The Kier molecular flexibility index (Phi) is 5.50. The van der Waals surface area contributed by atoms with Crippen molar-refractivity contribution in [2.75, 3.05) is 11.9 Å². The number of nitrogens with one attached hydrogen (secondary N) is 2. The molecule has 0 radical (unpaired) electrons. The lowest BCUT2D eigenvalue weighted by Gasteiger charge is -2.13. The van der Waals surface area contributed by atoms with Gasteiger partial charge < -0.3 is 11.1 Å². The second-order valence-corrected chi connectivity index (χ2v) is 6.98. The zero-order valence-electron chi connectivity index (χ0n) is 15.9. The molecule has 5 nitrogen and oxygen atoms in total. The zero-order valence-corrected chi connectivity index (χ0v) is 15.9. The van der Waals surface area contributed by atoms with Crippen LogP contribution in [0.15, 0.2) is 59.6 Å². The minimum atomic E-state index is -4.38. The molecule has 3 aromatic rings. The number of para-hydroxylation sites is 1. The predicted octanol–water partition coefficient (Wildman–Crippen LogP) is 6.02. The summed E-state index contributed by atoms with van der Waals surface area (Å²) in [7, 11) is 0. The van der Waals surface area contributed by atoms with Gasteiger partial charge in [0, 0.05) is 29.9 Å².